The molecule has 0 radical (unpaired) electrons. The molecule has 7 heteroatoms. The normalized spacial score (nSPS) is 10.2. The number of hydrogen-bond donors (Lipinski definition) is 2. The molecule has 138 valence electrons. The number of aromatic nitrogens is 1. The van der Waals surface area contributed by atoms with Crippen LogP contribution in [0.4, 0.5) is 11.4 Å². The van der Waals surface area contributed by atoms with Crippen LogP contribution in [0.1, 0.15) is 34.2 Å². The number of anilines is 2. The van der Waals surface area contributed by atoms with E-state index < -0.39 is 11.9 Å². The minimum Gasteiger partial charge on any atom is -0.462 e. The minimum atomic E-state index is -0.480. The van der Waals surface area contributed by atoms with Crippen LogP contribution in [0, 0.1) is 0 Å². The number of methoxy groups -OCH3 is 1. The van der Waals surface area contributed by atoms with Gasteiger partial charge in [-0.3, -0.25) is 4.79 Å². The Morgan fingerprint density at radius 2 is 1.96 bits per heavy atom. The number of para-hydroxylation sites is 1. The molecule has 0 fully saturated rings. The summed E-state index contributed by atoms with van der Waals surface area (Å²) < 4.78 is 9.99. The molecule has 1 aromatic heterocycles. The van der Waals surface area contributed by atoms with Gasteiger partial charge in [-0.2, -0.15) is 0 Å². The van der Waals surface area contributed by atoms with Crippen molar-refractivity contribution in [2.24, 2.45) is 0 Å². The third-order valence-corrected chi connectivity index (χ3v) is 3.52. The standard InChI is InChI=1S/C19H23N3O4/c1-3-26-19(24)15-7-4-5-8-16(15)22-18(23)17-10-9-14(13-21-17)20-11-6-12-25-2/h4-5,7-10,13,20H,3,6,11-12H2,1-2H3,(H,22,23). The highest BCUT2D eigenvalue weighted by atomic mass is 16.5. The maximum Gasteiger partial charge on any atom is 0.340 e. The van der Waals surface area contributed by atoms with Crippen molar-refractivity contribution in [3.63, 3.8) is 0 Å². The van der Waals surface area contributed by atoms with E-state index in [0.717, 1.165) is 18.7 Å². The molecule has 0 aliphatic heterocycles. The molecule has 0 spiro atoms. The maximum absolute atomic E-state index is 12.4. The predicted molar refractivity (Wildman–Crippen MR) is 99.6 cm³/mol. The fraction of sp³-hybridized carbons (Fsp3) is 0.316. The van der Waals surface area contributed by atoms with Gasteiger partial charge < -0.3 is 20.1 Å². The number of nitrogens with one attached hydrogen (secondary N) is 2. The van der Waals surface area contributed by atoms with Crippen LogP contribution in [0.2, 0.25) is 0 Å². The zero-order chi connectivity index (χ0) is 18.8. The highest BCUT2D eigenvalue weighted by molar-refractivity contribution is 6.07. The lowest BCUT2D eigenvalue weighted by molar-refractivity contribution is 0.0527. The van der Waals surface area contributed by atoms with E-state index in [0.29, 0.717) is 17.9 Å². The number of benzene rings is 1. The van der Waals surface area contributed by atoms with E-state index in [1.165, 1.54) is 0 Å². The first kappa shape index (κ1) is 19.4. The van der Waals surface area contributed by atoms with Crippen molar-refractivity contribution in [1.82, 2.24) is 4.98 Å². The number of esters is 1. The fourth-order valence-electron chi connectivity index (χ4n) is 2.25. The first-order valence-electron chi connectivity index (χ1n) is 8.42. The lowest BCUT2D eigenvalue weighted by Gasteiger charge is -2.10. The number of nitrogens with zero attached hydrogens (tertiary/aromatic N) is 1. The Bertz CT molecular complexity index is 732. The molecule has 1 aromatic carbocycles. The maximum atomic E-state index is 12.4. The molecule has 0 saturated heterocycles. The number of ether oxygens (including phenoxy) is 2. The van der Waals surface area contributed by atoms with Gasteiger partial charge in [-0.05, 0) is 37.6 Å². The summed E-state index contributed by atoms with van der Waals surface area (Å²) in [6, 6.07) is 10.1. The minimum absolute atomic E-state index is 0.256. The second kappa shape index (κ2) is 10.1. The average molecular weight is 357 g/mol. The zero-order valence-electron chi connectivity index (χ0n) is 15.0. The van der Waals surface area contributed by atoms with Gasteiger partial charge in [-0.15, -0.1) is 0 Å². The van der Waals surface area contributed by atoms with Gasteiger partial charge in [-0.25, -0.2) is 9.78 Å². The summed E-state index contributed by atoms with van der Waals surface area (Å²) in [5, 5.41) is 5.90. The number of pyridine rings is 1. The second-order valence-corrected chi connectivity index (χ2v) is 5.43. The van der Waals surface area contributed by atoms with E-state index in [9.17, 15) is 9.59 Å². The molecule has 0 unspecified atom stereocenters. The summed E-state index contributed by atoms with van der Waals surface area (Å²) in [5.74, 6) is -0.875. The lowest BCUT2D eigenvalue weighted by atomic mass is 10.1. The molecule has 2 rings (SSSR count). The van der Waals surface area contributed by atoms with E-state index in [2.05, 4.69) is 15.6 Å². The van der Waals surface area contributed by atoms with Crippen LogP contribution in [-0.2, 0) is 9.47 Å². The first-order valence-corrected chi connectivity index (χ1v) is 8.42. The SMILES string of the molecule is CCOC(=O)c1ccccc1NC(=O)c1ccc(NCCCOC)cn1. The highest BCUT2D eigenvalue weighted by Crippen LogP contribution is 2.17. The Hall–Kier alpha value is -2.93. The van der Waals surface area contributed by atoms with Crippen molar-refractivity contribution >= 4 is 23.3 Å². The van der Waals surface area contributed by atoms with E-state index in [4.69, 9.17) is 9.47 Å². The van der Waals surface area contributed by atoms with Gasteiger partial charge in [0.15, 0.2) is 0 Å². The van der Waals surface area contributed by atoms with E-state index in [1.807, 2.05) is 0 Å². The molecule has 1 amide bonds. The third kappa shape index (κ3) is 5.56. The third-order valence-electron chi connectivity index (χ3n) is 3.52. The largest absolute Gasteiger partial charge is 0.462 e. The quantitative estimate of drug-likeness (QED) is 0.530. The molecule has 0 bridgehead atoms. The summed E-state index contributed by atoms with van der Waals surface area (Å²) in [5.41, 5.74) is 1.77. The molecule has 0 aliphatic carbocycles. The molecule has 1 heterocycles. The van der Waals surface area contributed by atoms with Gasteiger partial charge in [0, 0.05) is 20.3 Å². The average Bonchev–Trinajstić information content (AvgIpc) is 2.66. The zero-order valence-corrected chi connectivity index (χ0v) is 15.0. The lowest BCUT2D eigenvalue weighted by Crippen LogP contribution is -2.17. The van der Waals surface area contributed by atoms with Gasteiger partial charge in [0.25, 0.3) is 5.91 Å². The Labute approximate surface area is 152 Å². The smallest absolute Gasteiger partial charge is 0.340 e. The molecule has 0 aliphatic rings. The summed E-state index contributed by atoms with van der Waals surface area (Å²) in [6.45, 7) is 3.43. The summed E-state index contributed by atoms with van der Waals surface area (Å²) >= 11 is 0. The van der Waals surface area contributed by atoms with Crippen LogP contribution in [0.15, 0.2) is 42.6 Å². The molecular weight excluding hydrogens is 334 g/mol. The number of carbonyl (C=O) groups excluding carboxylic acids is 2. The topological polar surface area (TPSA) is 89.5 Å². The Balaban J connectivity index is 2.01. The van der Waals surface area contributed by atoms with Gasteiger partial charge in [0.1, 0.15) is 5.69 Å². The van der Waals surface area contributed by atoms with Crippen LogP contribution in [0.5, 0.6) is 0 Å². The first-order chi connectivity index (χ1) is 12.7. The van der Waals surface area contributed by atoms with E-state index in [1.54, 1.807) is 56.6 Å². The van der Waals surface area contributed by atoms with Crippen molar-refractivity contribution in [2.75, 3.05) is 37.5 Å². The van der Waals surface area contributed by atoms with Crippen LogP contribution in [0.25, 0.3) is 0 Å². The Kier molecular flexibility index (Phi) is 7.57. The molecule has 7 nitrogen and oxygen atoms in total. The van der Waals surface area contributed by atoms with Crippen LogP contribution in [0.3, 0.4) is 0 Å². The second-order valence-electron chi connectivity index (χ2n) is 5.43. The van der Waals surface area contributed by atoms with Crippen molar-refractivity contribution in [1.29, 1.82) is 0 Å². The van der Waals surface area contributed by atoms with Crippen molar-refractivity contribution in [3.8, 4) is 0 Å². The Morgan fingerprint density at radius 3 is 2.65 bits per heavy atom. The molecular formula is C19H23N3O4. The number of carbonyl (C=O) groups is 2. The van der Waals surface area contributed by atoms with Gasteiger partial charge in [-0.1, -0.05) is 12.1 Å². The molecule has 0 atom stereocenters. The number of hydrogen-bond acceptors (Lipinski definition) is 6. The van der Waals surface area contributed by atoms with Crippen LogP contribution in [-0.4, -0.2) is 43.7 Å². The predicted octanol–water partition coefficient (Wildman–Crippen LogP) is 2.96. The van der Waals surface area contributed by atoms with Crippen molar-refractivity contribution < 1.29 is 19.1 Å². The number of rotatable bonds is 9. The summed E-state index contributed by atoms with van der Waals surface area (Å²) in [7, 11) is 1.66. The molecule has 26 heavy (non-hydrogen) atoms. The van der Waals surface area contributed by atoms with E-state index in [-0.39, 0.29) is 12.3 Å². The molecule has 2 aromatic rings. The molecule has 0 saturated carbocycles. The molecule has 2 N–H and O–H groups in total. The fourth-order valence-corrected chi connectivity index (χ4v) is 2.25. The van der Waals surface area contributed by atoms with Crippen LogP contribution >= 0.6 is 0 Å². The van der Waals surface area contributed by atoms with E-state index >= 15 is 0 Å². The summed E-state index contributed by atoms with van der Waals surface area (Å²) in [4.78, 5) is 28.5. The summed E-state index contributed by atoms with van der Waals surface area (Å²) in [6.07, 6.45) is 2.47. The van der Waals surface area contributed by atoms with Gasteiger partial charge in [0.05, 0.1) is 29.7 Å². The van der Waals surface area contributed by atoms with Crippen molar-refractivity contribution in [2.45, 2.75) is 13.3 Å². The Morgan fingerprint density at radius 1 is 1.15 bits per heavy atom. The van der Waals surface area contributed by atoms with Crippen LogP contribution < -0.4 is 10.6 Å². The van der Waals surface area contributed by atoms with Crippen molar-refractivity contribution in [3.05, 3.63) is 53.9 Å². The number of amides is 1. The van der Waals surface area contributed by atoms with Gasteiger partial charge in [0.2, 0.25) is 0 Å². The van der Waals surface area contributed by atoms with Gasteiger partial charge >= 0.3 is 5.97 Å². The highest BCUT2D eigenvalue weighted by Gasteiger charge is 2.15. The monoisotopic (exact) mass is 357 g/mol.